The maximum Gasteiger partial charge on any atom is 0.131 e. The number of phenols is 2. The van der Waals surface area contributed by atoms with Crippen molar-refractivity contribution < 1.29 is 19.7 Å². The molecule has 0 unspecified atom stereocenters. The second kappa shape index (κ2) is 6.09. The molecule has 1 aliphatic heterocycles. The molecule has 4 aromatic carbocycles. The van der Waals surface area contributed by atoms with Crippen LogP contribution in [0.2, 0.25) is 0 Å². The monoisotopic (exact) mass is 358 g/mol. The molecule has 27 heavy (non-hydrogen) atoms. The zero-order chi connectivity index (χ0) is 18.4. The van der Waals surface area contributed by atoms with E-state index in [2.05, 4.69) is 0 Å². The van der Waals surface area contributed by atoms with E-state index in [0.717, 1.165) is 32.7 Å². The van der Waals surface area contributed by atoms with Crippen LogP contribution >= 0.6 is 0 Å². The Morgan fingerprint density at radius 1 is 0.593 bits per heavy atom. The fraction of sp³-hybridized carbons (Fsp3) is 0.130. The summed E-state index contributed by atoms with van der Waals surface area (Å²) in [5.41, 5.74) is 1.74. The smallest absolute Gasteiger partial charge is 0.131 e. The molecule has 0 radical (unpaired) electrons. The van der Waals surface area contributed by atoms with Crippen LogP contribution in [0.15, 0.2) is 60.7 Å². The summed E-state index contributed by atoms with van der Waals surface area (Å²) in [4.78, 5) is 0. The van der Waals surface area contributed by atoms with Gasteiger partial charge in [0.05, 0.1) is 13.2 Å². The molecule has 0 aromatic heterocycles. The molecule has 5 rings (SSSR count). The summed E-state index contributed by atoms with van der Waals surface area (Å²) in [5, 5.41) is 24.3. The topological polar surface area (TPSA) is 58.9 Å². The molecule has 4 aromatic rings. The molecule has 1 aliphatic rings. The molecule has 0 saturated heterocycles. The number of hydrogen-bond donors (Lipinski definition) is 2. The summed E-state index contributed by atoms with van der Waals surface area (Å²) in [6.45, 7) is 0.978. The van der Waals surface area contributed by atoms with E-state index in [4.69, 9.17) is 9.47 Å². The van der Waals surface area contributed by atoms with E-state index in [-0.39, 0.29) is 11.5 Å². The summed E-state index contributed by atoms with van der Waals surface area (Å²) >= 11 is 0. The van der Waals surface area contributed by atoms with Gasteiger partial charge >= 0.3 is 0 Å². The molecule has 4 heteroatoms. The van der Waals surface area contributed by atoms with Crippen LogP contribution in [0.4, 0.5) is 0 Å². The Balaban J connectivity index is 2.00. The highest BCUT2D eigenvalue weighted by molar-refractivity contribution is 6.12. The lowest BCUT2D eigenvalue weighted by molar-refractivity contribution is 0.252. The van der Waals surface area contributed by atoms with Crippen molar-refractivity contribution in [1.29, 1.82) is 0 Å². The molecule has 2 N–H and O–H groups in total. The first-order chi connectivity index (χ1) is 13.2. The number of ether oxygens (including phenoxy) is 2. The predicted octanol–water partition coefficient (Wildman–Crippen LogP) is 5.23. The van der Waals surface area contributed by atoms with E-state index in [1.807, 2.05) is 48.5 Å². The van der Waals surface area contributed by atoms with Gasteiger partial charge < -0.3 is 19.7 Å². The van der Waals surface area contributed by atoms with Gasteiger partial charge in [-0.15, -0.1) is 0 Å². The highest BCUT2D eigenvalue weighted by atomic mass is 16.5. The van der Waals surface area contributed by atoms with Gasteiger partial charge in [0, 0.05) is 40.5 Å². The van der Waals surface area contributed by atoms with E-state index in [0.29, 0.717) is 31.1 Å². The van der Waals surface area contributed by atoms with E-state index in [9.17, 15) is 10.2 Å². The highest BCUT2D eigenvalue weighted by Gasteiger charge is 2.23. The number of aromatic hydroxyl groups is 2. The standard InChI is InChI=1S/C23H18O4/c24-18-12-20-22(16-8-3-1-6-14(16)18)23-17-9-4-2-7-15(17)19(25)13-21(23)27-11-5-10-26-20/h1-4,6-9,12-13,24-25H,5,10-11H2. The number of hydrogen-bond acceptors (Lipinski definition) is 4. The minimum Gasteiger partial charge on any atom is -0.507 e. The average Bonchev–Trinajstić information content (AvgIpc) is 2.77. The Morgan fingerprint density at radius 3 is 1.44 bits per heavy atom. The third kappa shape index (κ3) is 2.45. The third-order valence-corrected chi connectivity index (χ3v) is 5.03. The summed E-state index contributed by atoms with van der Waals surface area (Å²) in [6, 6.07) is 18.8. The molecular formula is C23H18O4. The second-order valence-electron chi connectivity index (χ2n) is 6.68. The van der Waals surface area contributed by atoms with Crippen LogP contribution in [0, 0.1) is 0 Å². The quantitative estimate of drug-likeness (QED) is 0.452. The zero-order valence-corrected chi connectivity index (χ0v) is 14.6. The van der Waals surface area contributed by atoms with Gasteiger partial charge in [0.15, 0.2) is 0 Å². The first kappa shape index (κ1) is 15.8. The van der Waals surface area contributed by atoms with Crippen LogP contribution in [0.5, 0.6) is 23.0 Å². The van der Waals surface area contributed by atoms with Crippen LogP contribution in [0.25, 0.3) is 32.7 Å². The van der Waals surface area contributed by atoms with Crippen molar-refractivity contribution in [1.82, 2.24) is 0 Å². The summed E-state index contributed by atoms with van der Waals surface area (Å²) in [5.74, 6) is 1.62. The van der Waals surface area contributed by atoms with Crippen LogP contribution in [0.3, 0.4) is 0 Å². The fourth-order valence-corrected chi connectivity index (χ4v) is 3.83. The van der Waals surface area contributed by atoms with Crippen LogP contribution in [-0.4, -0.2) is 23.4 Å². The average molecular weight is 358 g/mol. The fourth-order valence-electron chi connectivity index (χ4n) is 3.83. The maximum atomic E-state index is 10.5. The number of benzene rings is 4. The lowest BCUT2D eigenvalue weighted by atomic mass is 9.91. The van der Waals surface area contributed by atoms with Gasteiger partial charge in [-0.1, -0.05) is 48.5 Å². The molecule has 134 valence electrons. The van der Waals surface area contributed by atoms with Crippen molar-refractivity contribution in [3.8, 4) is 34.1 Å². The maximum absolute atomic E-state index is 10.5. The molecule has 0 atom stereocenters. The molecule has 0 amide bonds. The van der Waals surface area contributed by atoms with Gasteiger partial charge in [-0.25, -0.2) is 0 Å². The minimum absolute atomic E-state index is 0.189. The molecular weight excluding hydrogens is 340 g/mol. The van der Waals surface area contributed by atoms with Gasteiger partial charge in [-0.05, 0) is 10.8 Å². The Labute approximate surface area is 156 Å². The summed E-state index contributed by atoms with van der Waals surface area (Å²) in [7, 11) is 0. The highest BCUT2D eigenvalue weighted by Crippen LogP contribution is 2.49. The van der Waals surface area contributed by atoms with Crippen molar-refractivity contribution in [3.05, 3.63) is 60.7 Å². The van der Waals surface area contributed by atoms with Crippen molar-refractivity contribution in [3.63, 3.8) is 0 Å². The largest absolute Gasteiger partial charge is 0.507 e. The Morgan fingerprint density at radius 2 is 1.00 bits per heavy atom. The van der Waals surface area contributed by atoms with Crippen LogP contribution in [-0.2, 0) is 0 Å². The molecule has 0 aliphatic carbocycles. The van der Waals surface area contributed by atoms with E-state index >= 15 is 0 Å². The summed E-state index contributed by atoms with van der Waals surface area (Å²) < 4.78 is 12.1. The lowest BCUT2D eigenvalue weighted by Gasteiger charge is -2.18. The van der Waals surface area contributed by atoms with Crippen LogP contribution in [0.1, 0.15) is 6.42 Å². The molecule has 4 nitrogen and oxygen atoms in total. The van der Waals surface area contributed by atoms with Gasteiger partial charge in [-0.3, -0.25) is 0 Å². The van der Waals surface area contributed by atoms with Crippen molar-refractivity contribution >= 4 is 21.5 Å². The Kier molecular flexibility index (Phi) is 3.57. The van der Waals surface area contributed by atoms with Gasteiger partial charge in [0.2, 0.25) is 0 Å². The molecule has 0 spiro atoms. The zero-order valence-electron chi connectivity index (χ0n) is 14.6. The normalized spacial score (nSPS) is 13.6. The lowest BCUT2D eigenvalue weighted by Crippen LogP contribution is -2.03. The van der Waals surface area contributed by atoms with Gasteiger partial charge in [-0.2, -0.15) is 0 Å². The number of rotatable bonds is 0. The molecule has 1 heterocycles. The predicted molar refractivity (Wildman–Crippen MR) is 106 cm³/mol. The van der Waals surface area contributed by atoms with E-state index in [1.165, 1.54) is 0 Å². The minimum atomic E-state index is 0.189. The third-order valence-electron chi connectivity index (χ3n) is 5.03. The summed E-state index contributed by atoms with van der Waals surface area (Å²) in [6.07, 6.45) is 0.708. The van der Waals surface area contributed by atoms with E-state index < -0.39 is 0 Å². The number of phenolic OH excluding ortho intramolecular Hbond substituents is 2. The van der Waals surface area contributed by atoms with Crippen molar-refractivity contribution in [2.24, 2.45) is 0 Å². The first-order valence-electron chi connectivity index (χ1n) is 8.99. The second-order valence-corrected chi connectivity index (χ2v) is 6.68. The number of fused-ring (bicyclic) bond motifs is 7. The molecule has 0 fully saturated rings. The Bertz CT molecular complexity index is 1090. The SMILES string of the molecule is Oc1cc2c(c3ccccc13)-c1c(cc(O)c3ccccc13)OCCCO2. The van der Waals surface area contributed by atoms with Crippen molar-refractivity contribution in [2.45, 2.75) is 6.42 Å². The first-order valence-corrected chi connectivity index (χ1v) is 8.99. The van der Waals surface area contributed by atoms with Gasteiger partial charge in [0.25, 0.3) is 0 Å². The molecule has 0 bridgehead atoms. The Hall–Kier alpha value is -3.40. The van der Waals surface area contributed by atoms with Crippen LogP contribution < -0.4 is 9.47 Å². The van der Waals surface area contributed by atoms with Gasteiger partial charge in [0.1, 0.15) is 23.0 Å². The van der Waals surface area contributed by atoms with E-state index in [1.54, 1.807) is 12.1 Å². The molecule has 0 saturated carbocycles. The van der Waals surface area contributed by atoms with Crippen molar-refractivity contribution in [2.75, 3.05) is 13.2 Å².